The van der Waals surface area contributed by atoms with Crippen LogP contribution in [0.15, 0.2) is 33.8 Å². The second-order valence-corrected chi connectivity index (χ2v) is 7.90. The van der Waals surface area contributed by atoms with E-state index < -0.39 is 11.7 Å². The number of aryl methyl sites for hydroxylation is 1. The number of nitrogens with one attached hydrogen (secondary N) is 2. The van der Waals surface area contributed by atoms with E-state index in [-0.39, 0.29) is 17.2 Å². The maximum absolute atomic E-state index is 13.8. The van der Waals surface area contributed by atoms with Gasteiger partial charge >= 0.3 is 0 Å². The standard InChI is InChI=1S/C23H27FN4O4/c1-15-20-18(26-27-22(29)16-5-2-3-6-17(16)24)7-4-8-19(20)32-21(15)23(30)25-9-10-28-11-13-31-14-12-28/h2-3,5-6H,4,7-14H2,1H3,(H,25,30)(H,27,29)/b26-18+. The van der Waals surface area contributed by atoms with Crippen molar-refractivity contribution >= 4 is 17.5 Å². The number of furan rings is 1. The molecule has 2 amide bonds. The first-order valence-corrected chi connectivity index (χ1v) is 10.9. The molecular weight excluding hydrogens is 415 g/mol. The molecule has 0 bridgehead atoms. The van der Waals surface area contributed by atoms with Crippen molar-refractivity contribution in [3.8, 4) is 0 Å². The summed E-state index contributed by atoms with van der Waals surface area (Å²) in [4.78, 5) is 27.3. The van der Waals surface area contributed by atoms with Crippen LogP contribution in [0.1, 0.15) is 50.6 Å². The number of carbonyl (C=O) groups excluding carboxylic acids is 2. The fourth-order valence-electron chi connectivity index (χ4n) is 4.05. The second kappa shape index (κ2) is 10.1. The number of amides is 2. The van der Waals surface area contributed by atoms with Gasteiger partial charge in [-0.1, -0.05) is 12.1 Å². The summed E-state index contributed by atoms with van der Waals surface area (Å²) in [5, 5.41) is 7.16. The molecule has 2 aliphatic rings. The number of morpholine rings is 1. The molecule has 1 saturated heterocycles. The van der Waals surface area contributed by atoms with Gasteiger partial charge in [0, 0.05) is 43.7 Å². The largest absolute Gasteiger partial charge is 0.455 e. The summed E-state index contributed by atoms with van der Waals surface area (Å²) < 4.78 is 25.1. The van der Waals surface area contributed by atoms with E-state index in [0.29, 0.717) is 49.6 Å². The number of nitrogens with zero attached hydrogens (tertiary/aromatic N) is 2. The van der Waals surface area contributed by atoms with E-state index in [2.05, 4.69) is 20.7 Å². The molecule has 2 N–H and O–H groups in total. The lowest BCUT2D eigenvalue weighted by atomic mass is 9.93. The fraction of sp³-hybridized carbons (Fsp3) is 0.435. The molecule has 1 fully saturated rings. The Bertz CT molecular complexity index is 1030. The summed E-state index contributed by atoms with van der Waals surface area (Å²) >= 11 is 0. The Kier molecular flexibility index (Phi) is 6.96. The Labute approximate surface area is 185 Å². The molecule has 2 heterocycles. The molecule has 1 aliphatic carbocycles. The monoisotopic (exact) mass is 442 g/mol. The SMILES string of the molecule is Cc1c(C(=O)NCCN2CCOCC2)oc2c1/C(=N/NC(=O)c1ccccc1F)CCC2. The van der Waals surface area contributed by atoms with E-state index >= 15 is 0 Å². The van der Waals surface area contributed by atoms with E-state index in [1.165, 1.54) is 18.2 Å². The van der Waals surface area contributed by atoms with Gasteiger partial charge in [-0.2, -0.15) is 5.10 Å². The van der Waals surface area contributed by atoms with Crippen LogP contribution in [0, 0.1) is 12.7 Å². The van der Waals surface area contributed by atoms with Crippen molar-refractivity contribution in [1.82, 2.24) is 15.6 Å². The van der Waals surface area contributed by atoms with E-state index in [1.54, 1.807) is 6.07 Å². The van der Waals surface area contributed by atoms with Gasteiger partial charge in [-0.25, -0.2) is 9.82 Å². The minimum atomic E-state index is -0.620. The van der Waals surface area contributed by atoms with Crippen LogP contribution in [0.2, 0.25) is 0 Å². The quantitative estimate of drug-likeness (QED) is 0.669. The third kappa shape index (κ3) is 4.89. The predicted molar refractivity (Wildman–Crippen MR) is 116 cm³/mol. The van der Waals surface area contributed by atoms with Gasteiger partial charge in [0.2, 0.25) is 0 Å². The number of fused-ring (bicyclic) bond motifs is 1. The molecule has 0 unspecified atom stereocenters. The van der Waals surface area contributed by atoms with Gasteiger partial charge in [0.1, 0.15) is 11.6 Å². The highest BCUT2D eigenvalue weighted by molar-refractivity contribution is 6.07. The van der Waals surface area contributed by atoms with Crippen molar-refractivity contribution < 1.29 is 23.1 Å². The minimum Gasteiger partial charge on any atom is -0.455 e. The molecule has 0 spiro atoms. The number of hydrogen-bond acceptors (Lipinski definition) is 6. The van der Waals surface area contributed by atoms with Gasteiger partial charge in [0.15, 0.2) is 5.76 Å². The van der Waals surface area contributed by atoms with Gasteiger partial charge in [0.05, 0.1) is 24.5 Å². The summed E-state index contributed by atoms with van der Waals surface area (Å²) in [6.45, 7) is 6.25. The summed E-state index contributed by atoms with van der Waals surface area (Å²) in [7, 11) is 0. The molecule has 8 nitrogen and oxygen atoms in total. The van der Waals surface area contributed by atoms with E-state index in [1.807, 2.05) is 6.92 Å². The van der Waals surface area contributed by atoms with Crippen LogP contribution in [0.4, 0.5) is 4.39 Å². The zero-order valence-corrected chi connectivity index (χ0v) is 18.1. The number of hydrogen-bond donors (Lipinski definition) is 2. The number of rotatable bonds is 6. The lowest BCUT2D eigenvalue weighted by Gasteiger charge is -2.26. The Morgan fingerprint density at radius 1 is 1.16 bits per heavy atom. The van der Waals surface area contributed by atoms with Crippen LogP contribution in [-0.2, 0) is 11.2 Å². The van der Waals surface area contributed by atoms with Gasteiger partial charge < -0.3 is 14.5 Å². The third-order valence-electron chi connectivity index (χ3n) is 5.76. The van der Waals surface area contributed by atoms with Crippen molar-refractivity contribution in [2.75, 3.05) is 39.4 Å². The van der Waals surface area contributed by atoms with Crippen LogP contribution in [0.5, 0.6) is 0 Å². The lowest BCUT2D eigenvalue weighted by molar-refractivity contribution is 0.0382. The Balaban J connectivity index is 1.43. The lowest BCUT2D eigenvalue weighted by Crippen LogP contribution is -2.41. The van der Waals surface area contributed by atoms with Gasteiger partial charge in [-0.15, -0.1) is 0 Å². The average Bonchev–Trinajstić information content (AvgIpc) is 3.15. The van der Waals surface area contributed by atoms with Crippen molar-refractivity contribution in [2.24, 2.45) is 5.10 Å². The first kappa shape index (κ1) is 22.2. The smallest absolute Gasteiger partial charge is 0.287 e. The van der Waals surface area contributed by atoms with Crippen LogP contribution in [0.3, 0.4) is 0 Å². The molecule has 0 radical (unpaired) electrons. The molecular formula is C23H27FN4O4. The molecule has 2 aromatic rings. The molecule has 32 heavy (non-hydrogen) atoms. The highest BCUT2D eigenvalue weighted by Crippen LogP contribution is 2.29. The van der Waals surface area contributed by atoms with Crippen molar-refractivity contribution in [2.45, 2.75) is 26.2 Å². The zero-order chi connectivity index (χ0) is 22.5. The maximum Gasteiger partial charge on any atom is 0.287 e. The molecule has 1 aromatic carbocycles. The molecule has 1 aromatic heterocycles. The number of carbonyl (C=O) groups is 2. The molecule has 4 rings (SSSR count). The summed E-state index contributed by atoms with van der Waals surface area (Å²) in [6.07, 6.45) is 2.10. The average molecular weight is 442 g/mol. The molecule has 1 aliphatic heterocycles. The van der Waals surface area contributed by atoms with Crippen molar-refractivity contribution in [1.29, 1.82) is 0 Å². The topological polar surface area (TPSA) is 96.2 Å². The zero-order valence-electron chi connectivity index (χ0n) is 18.1. The molecule has 0 saturated carbocycles. The van der Waals surface area contributed by atoms with Crippen molar-refractivity contribution in [3.63, 3.8) is 0 Å². The Morgan fingerprint density at radius 2 is 1.94 bits per heavy atom. The number of benzene rings is 1. The molecule has 170 valence electrons. The van der Waals surface area contributed by atoms with E-state index in [4.69, 9.17) is 9.15 Å². The number of halogens is 1. The predicted octanol–water partition coefficient (Wildman–Crippen LogP) is 2.26. The highest BCUT2D eigenvalue weighted by atomic mass is 19.1. The summed E-state index contributed by atoms with van der Waals surface area (Å²) in [6, 6.07) is 5.74. The van der Waals surface area contributed by atoms with Gasteiger partial charge in [-0.05, 0) is 31.9 Å². The van der Waals surface area contributed by atoms with Crippen molar-refractivity contribution in [3.05, 3.63) is 58.3 Å². The molecule has 9 heteroatoms. The van der Waals surface area contributed by atoms with Crippen LogP contribution >= 0.6 is 0 Å². The number of ether oxygens (including phenoxy) is 1. The second-order valence-electron chi connectivity index (χ2n) is 7.90. The Morgan fingerprint density at radius 3 is 2.72 bits per heavy atom. The van der Waals surface area contributed by atoms with Gasteiger partial charge in [-0.3, -0.25) is 14.5 Å². The first-order valence-electron chi connectivity index (χ1n) is 10.9. The normalized spacial score (nSPS) is 17.8. The van der Waals surface area contributed by atoms with Crippen LogP contribution in [0.25, 0.3) is 0 Å². The number of hydrazone groups is 1. The molecule has 0 atom stereocenters. The maximum atomic E-state index is 13.8. The first-order chi connectivity index (χ1) is 15.5. The summed E-state index contributed by atoms with van der Waals surface area (Å²) in [5.74, 6) is -0.534. The minimum absolute atomic E-state index is 0.0721. The fourth-order valence-corrected chi connectivity index (χ4v) is 4.05. The van der Waals surface area contributed by atoms with Crippen LogP contribution < -0.4 is 10.7 Å². The van der Waals surface area contributed by atoms with Gasteiger partial charge in [0.25, 0.3) is 11.8 Å². The van der Waals surface area contributed by atoms with E-state index in [9.17, 15) is 14.0 Å². The summed E-state index contributed by atoms with van der Waals surface area (Å²) in [5.41, 5.74) is 4.44. The highest BCUT2D eigenvalue weighted by Gasteiger charge is 2.28. The third-order valence-corrected chi connectivity index (χ3v) is 5.76. The van der Waals surface area contributed by atoms with Crippen LogP contribution in [-0.4, -0.2) is 61.8 Å². The van der Waals surface area contributed by atoms with E-state index in [0.717, 1.165) is 31.6 Å². The Hall–Kier alpha value is -3.04.